The van der Waals surface area contributed by atoms with Crippen molar-refractivity contribution in [2.24, 2.45) is 0 Å². The Balaban J connectivity index is 2.20. The lowest BCUT2D eigenvalue weighted by Crippen LogP contribution is -2.12. The molecule has 0 atom stereocenters. The van der Waals surface area contributed by atoms with E-state index < -0.39 is 0 Å². The Bertz CT molecular complexity index is 522. The van der Waals surface area contributed by atoms with Gasteiger partial charge >= 0.3 is 0 Å². The van der Waals surface area contributed by atoms with Crippen molar-refractivity contribution in [3.8, 4) is 0 Å². The van der Waals surface area contributed by atoms with Crippen molar-refractivity contribution < 1.29 is 4.79 Å². The molecular formula is C12H10ClN3O. The van der Waals surface area contributed by atoms with Crippen LogP contribution in [0.15, 0.2) is 42.5 Å². The predicted octanol–water partition coefficient (Wildman–Crippen LogP) is 2.57. The van der Waals surface area contributed by atoms with E-state index in [1.807, 2.05) is 18.2 Å². The molecule has 0 unspecified atom stereocenters. The quantitative estimate of drug-likeness (QED) is 0.802. The Hall–Kier alpha value is -2.07. The minimum Gasteiger partial charge on any atom is -0.384 e. The summed E-state index contributed by atoms with van der Waals surface area (Å²) in [6.45, 7) is 0. The number of halogens is 1. The Labute approximate surface area is 103 Å². The molecule has 3 N–H and O–H groups in total. The van der Waals surface area contributed by atoms with E-state index in [9.17, 15) is 4.79 Å². The van der Waals surface area contributed by atoms with Crippen LogP contribution in [0.3, 0.4) is 0 Å². The van der Waals surface area contributed by atoms with Gasteiger partial charge in [0.25, 0.3) is 5.91 Å². The summed E-state index contributed by atoms with van der Waals surface area (Å²) in [5.41, 5.74) is 6.61. The SMILES string of the molecule is Nc1cc(C(=O)Nc2ccccc2)cc(Cl)n1. The highest BCUT2D eigenvalue weighted by atomic mass is 35.5. The standard InChI is InChI=1S/C12H10ClN3O/c13-10-6-8(7-11(14)16-10)12(17)15-9-4-2-1-3-5-9/h1-7H,(H2,14,16)(H,15,17). The number of hydrogen-bond donors (Lipinski definition) is 2. The lowest BCUT2D eigenvalue weighted by molar-refractivity contribution is 0.102. The number of nitrogens with zero attached hydrogens (tertiary/aromatic N) is 1. The van der Waals surface area contributed by atoms with Crippen LogP contribution in [0.1, 0.15) is 10.4 Å². The molecule has 0 radical (unpaired) electrons. The van der Waals surface area contributed by atoms with Crippen LogP contribution in [-0.2, 0) is 0 Å². The molecule has 0 fully saturated rings. The molecule has 17 heavy (non-hydrogen) atoms. The van der Waals surface area contributed by atoms with Gasteiger partial charge in [-0.25, -0.2) is 4.98 Å². The van der Waals surface area contributed by atoms with E-state index >= 15 is 0 Å². The molecule has 0 aliphatic heterocycles. The van der Waals surface area contributed by atoms with E-state index in [0.29, 0.717) is 11.3 Å². The summed E-state index contributed by atoms with van der Waals surface area (Å²) in [7, 11) is 0. The Morgan fingerprint density at radius 3 is 2.59 bits per heavy atom. The van der Waals surface area contributed by atoms with Crippen LogP contribution in [0, 0.1) is 0 Å². The normalized spacial score (nSPS) is 9.94. The van der Waals surface area contributed by atoms with Crippen LogP contribution in [0.25, 0.3) is 0 Å². The van der Waals surface area contributed by atoms with Crippen molar-refractivity contribution in [2.75, 3.05) is 11.1 Å². The molecule has 5 heteroatoms. The highest BCUT2D eigenvalue weighted by molar-refractivity contribution is 6.30. The molecule has 0 aliphatic carbocycles. The first-order valence-corrected chi connectivity index (χ1v) is 5.32. The lowest BCUT2D eigenvalue weighted by atomic mass is 10.2. The molecule has 0 aliphatic rings. The second-order valence-corrected chi connectivity index (χ2v) is 3.81. The van der Waals surface area contributed by atoms with Crippen LogP contribution in [0.2, 0.25) is 5.15 Å². The van der Waals surface area contributed by atoms with Gasteiger partial charge in [0.2, 0.25) is 0 Å². The number of hydrogen-bond acceptors (Lipinski definition) is 3. The third kappa shape index (κ3) is 2.95. The number of aromatic nitrogens is 1. The molecule has 2 aromatic rings. The number of amides is 1. The number of rotatable bonds is 2. The first-order chi connectivity index (χ1) is 8.15. The molecule has 1 aromatic heterocycles. The van der Waals surface area contributed by atoms with Crippen molar-refractivity contribution >= 4 is 29.0 Å². The molecule has 4 nitrogen and oxygen atoms in total. The Kier molecular flexibility index (Phi) is 3.25. The highest BCUT2D eigenvalue weighted by Gasteiger charge is 2.08. The van der Waals surface area contributed by atoms with E-state index in [4.69, 9.17) is 17.3 Å². The van der Waals surface area contributed by atoms with Crippen molar-refractivity contribution in [3.63, 3.8) is 0 Å². The van der Waals surface area contributed by atoms with Crippen LogP contribution in [-0.4, -0.2) is 10.9 Å². The van der Waals surface area contributed by atoms with Gasteiger partial charge in [0.1, 0.15) is 11.0 Å². The molecule has 0 bridgehead atoms. The van der Waals surface area contributed by atoms with Crippen LogP contribution < -0.4 is 11.1 Å². The zero-order valence-corrected chi connectivity index (χ0v) is 9.61. The van der Waals surface area contributed by atoms with Gasteiger partial charge in [0.15, 0.2) is 0 Å². The summed E-state index contributed by atoms with van der Waals surface area (Å²) in [5.74, 6) is -0.0529. The third-order valence-corrected chi connectivity index (χ3v) is 2.30. The monoisotopic (exact) mass is 247 g/mol. The zero-order valence-electron chi connectivity index (χ0n) is 8.85. The molecule has 1 heterocycles. The van der Waals surface area contributed by atoms with Gasteiger partial charge in [-0.2, -0.15) is 0 Å². The number of anilines is 2. The van der Waals surface area contributed by atoms with E-state index in [2.05, 4.69) is 10.3 Å². The average molecular weight is 248 g/mol. The van der Waals surface area contributed by atoms with Gasteiger partial charge in [-0.3, -0.25) is 4.79 Å². The van der Waals surface area contributed by atoms with Gasteiger partial charge in [-0.05, 0) is 24.3 Å². The average Bonchev–Trinajstić information content (AvgIpc) is 2.29. The smallest absolute Gasteiger partial charge is 0.255 e. The third-order valence-electron chi connectivity index (χ3n) is 2.11. The summed E-state index contributed by atoms with van der Waals surface area (Å²) >= 11 is 5.73. The maximum Gasteiger partial charge on any atom is 0.255 e. The first-order valence-electron chi connectivity index (χ1n) is 4.94. The largest absolute Gasteiger partial charge is 0.384 e. The van der Waals surface area contributed by atoms with Gasteiger partial charge in [0.05, 0.1) is 0 Å². The van der Waals surface area contributed by atoms with E-state index in [0.717, 1.165) is 0 Å². The van der Waals surface area contributed by atoms with Gasteiger partial charge in [-0.1, -0.05) is 29.8 Å². The molecule has 1 amide bonds. The number of para-hydroxylation sites is 1. The summed E-state index contributed by atoms with van der Waals surface area (Å²) in [6, 6.07) is 12.1. The van der Waals surface area contributed by atoms with Crippen LogP contribution in [0.5, 0.6) is 0 Å². The fourth-order valence-corrected chi connectivity index (χ4v) is 1.59. The second kappa shape index (κ2) is 4.84. The molecule has 0 spiro atoms. The number of pyridine rings is 1. The molecular weight excluding hydrogens is 238 g/mol. The van der Waals surface area contributed by atoms with E-state index in [-0.39, 0.29) is 16.9 Å². The minimum atomic E-state index is -0.271. The molecule has 0 saturated heterocycles. The lowest BCUT2D eigenvalue weighted by Gasteiger charge is -2.05. The van der Waals surface area contributed by atoms with Gasteiger partial charge in [-0.15, -0.1) is 0 Å². The Morgan fingerprint density at radius 2 is 1.94 bits per heavy atom. The predicted molar refractivity (Wildman–Crippen MR) is 68.1 cm³/mol. The van der Waals surface area contributed by atoms with Crippen molar-refractivity contribution in [1.82, 2.24) is 4.98 Å². The summed E-state index contributed by atoms with van der Waals surface area (Å²) in [6.07, 6.45) is 0. The maximum absolute atomic E-state index is 11.9. The van der Waals surface area contributed by atoms with E-state index in [1.54, 1.807) is 12.1 Å². The van der Waals surface area contributed by atoms with Crippen molar-refractivity contribution in [3.05, 3.63) is 53.2 Å². The van der Waals surface area contributed by atoms with Gasteiger partial charge < -0.3 is 11.1 Å². The van der Waals surface area contributed by atoms with Crippen LogP contribution >= 0.6 is 11.6 Å². The molecule has 86 valence electrons. The fourth-order valence-electron chi connectivity index (χ4n) is 1.37. The second-order valence-electron chi connectivity index (χ2n) is 3.42. The molecule has 2 rings (SSSR count). The summed E-state index contributed by atoms with van der Waals surface area (Å²) in [4.78, 5) is 15.7. The van der Waals surface area contributed by atoms with Gasteiger partial charge in [0, 0.05) is 11.3 Å². The van der Waals surface area contributed by atoms with Crippen molar-refractivity contribution in [2.45, 2.75) is 0 Å². The Morgan fingerprint density at radius 1 is 1.24 bits per heavy atom. The number of carbonyl (C=O) groups excluding carboxylic acids is 1. The molecule has 1 aromatic carbocycles. The number of carbonyl (C=O) groups is 1. The fraction of sp³-hybridized carbons (Fsp3) is 0. The highest BCUT2D eigenvalue weighted by Crippen LogP contribution is 2.14. The zero-order chi connectivity index (χ0) is 12.3. The number of benzene rings is 1. The first kappa shape index (κ1) is 11.4. The summed E-state index contributed by atoms with van der Waals surface area (Å²) in [5, 5.41) is 2.93. The number of nitrogen functional groups attached to an aromatic ring is 1. The van der Waals surface area contributed by atoms with Crippen molar-refractivity contribution in [1.29, 1.82) is 0 Å². The molecule has 0 saturated carbocycles. The number of nitrogens with two attached hydrogens (primary N) is 1. The summed E-state index contributed by atoms with van der Waals surface area (Å²) < 4.78 is 0. The maximum atomic E-state index is 11.9. The van der Waals surface area contributed by atoms with E-state index in [1.165, 1.54) is 12.1 Å². The number of nitrogens with one attached hydrogen (secondary N) is 1. The topological polar surface area (TPSA) is 68.0 Å². The minimum absolute atomic E-state index is 0.197. The van der Waals surface area contributed by atoms with Crippen LogP contribution in [0.4, 0.5) is 11.5 Å².